The van der Waals surface area contributed by atoms with E-state index in [9.17, 15) is 14.4 Å². The van der Waals surface area contributed by atoms with E-state index in [2.05, 4.69) is 119 Å². The van der Waals surface area contributed by atoms with Crippen molar-refractivity contribution in [2.45, 2.75) is 124 Å². The van der Waals surface area contributed by atoms with Crippen molar-refractivity contribution in [1.29, 1.82) is 0 Å². The second-order valence-electron chi connectivity index (χ2n) is 16.3. The molecule has 5 rings (SSSR count). The Bertz CT molecular complexity index is 1410. The quantitative estimate of drug-likeness (QED) is 0.100. The maximum absolute atomic E-state index is 12.9. The van der Waals surface area contributed by atoms with Crippen LogP contribution in [-0.2, 0) is 14.3 Å². The first-order valence-electron chi connectivity index (χ1n) is 18.3. The summed E-state index contributed by atoms with van der Waals surface area (Å²) in [5, 5.41) is 5.44. The number of benzene rings is 1. The first kappa shape index (κ1) is 38.8. The third-order valence-corrected chi connectivity index (χ3v) is 16.6. The molecule has 0 aliphatic heterocycles. The van der Waals surface area contributed by atoms with Crippen LogP contribution >= 0.6 is 67.8 Å². The van der Waals surface area contributed by atoms with E-state index in [1.165, 1.54) is 56.9 Å². The maximum atomic E-state index is 12.9. The lowest BCUT2D eigenvalue weighted by Gasteiger charge is -2.58. The van der Waals surface area contributed by atoms with Crippen LogP contribution < -0.4 is 10.6 Å². The molecule has 0 spiro atoms. The Balaban J connectivity index is 1.12. The number of hydrogen-bond acceptors (Lipinski definition) is 4. The van der Waals surface area contributed by atoms with Crippen molar-refractivity contribution in [1.82, 2.24) is 10.6 Å². The molecule has 0 saturated heterocycles. The number of allylic oxidation sites excluding steroid dienone is 1. The molecule has 4 aliphatic rings. The third kappa shape index (κ3) is 8.27. The Morgan fingerprint density at radius 1 is 0.958 bits per heavy atom. The molecule has 0 radical (unpaired) electrons. The molecule has 3 unspecified atom stereocenters. The Morgan fingerprint density at radius 3 is 2.44 bits per heavy atom. The van der Waals surface area contributed by atoms with Crippen molar-refractivity contribution in [3.63, 3.8) is 0 Å². The van der Waals surface area contributed by atoms with Gasteiger partial charge in [-0.25, -0.2) is 0 Å². The largest absolute Gasteiger partial charge is 0.461 e. The minimum atomic E-state index is -0.784. The Kier molecular flexibility index (Phi) is 13.0. The molecule has 0 heterocycles. The van der Waals surface area contributed by atoms with Crippen LogP contribution in [0.4, 0.5) is 0 Å². The zero-order valence-electron chi connectivity index (χ0n) is 29.6. The van der Waals surface area contributed by atoms with Gasteiger partial charge in [-0.3, -0.25) is 14.4 Å². The van der Waals surface area contributed by atoms with Gasteiger partial charge in [0.15, 0.2) is 0 Å². The van der Waals surface area contributed by atoms with Crippen LogP contribution in [0.1, 0.15) is 123 Å². The van der Waals surface area contributed by atoms with Crippen LogP contribution in [0.3, 0.4) is 0 Å². The summed E-state index contributed by atoms with van der Waals surface area (Å²) in [6.45, 7) is 13.8. The number of carbonyl (C=O) groups is 3. The third-order valence-electron chi connectivity index (χ3n) is 12.9. The number of rotatable bonds is 11. The van der Waals surface area contributed by atoms with Crippen LogP contribution in [0.5, 0.6) is 0 Å². The molecular formula is C39H55I3N2O4. The van der Waals surface area contributed by atoms with Crippen molar-refractivity contribution in [2.24, 2.45) is 46.3 Å². The maximum Gasteiger partial charge on any atom is 0.325 e. The predicted molar refractivity (Wildman–Crippen MR) is 217 cm³/mol. The fourth-order valence-corrected chi connectivity index (χ4v) is 12.8. The lowest BCUT2D eigenvalue weighted by atomic mass is 9.47. The van der Waals surface area contributed by atoms with Crippen molar-refractivity contribution >= 4 is 85.6 Å². The number of ether oxygens (including phenoxy) is 1. The number of halogens is 3. The van der Waals surface area contributed by atoms with E-state index >= 15 is 0 Å². The summed E-state index contributed by atoms with van der Waals surface area (Å²) in [6, 6.07) is 3.03. The molecule has 2 N–H and O–H groups in total. The predicted octanol–water partition coefficient (Wildman–Crippen LogP) is 9.69. The Hall–Kier alpha value is -0.440. The van der Waals surface area contributed by atoms with E-state index in [1.807, 2.05) is 12.1 Å². The molecule has 1 aromatic rings. The van der Waals surface area contributed by atoms with Crippen molar-refractivity contribution in [2.75, 3.05) is 6.54 Å². The zero-order valence-corrected chi connectivity index (χ0v) is 36.1. The highest BCUT2D eigenvalue weighted by atomic mass is 127. The molecular weight excluding hydrogens is 941 g/mol. The number of esters is 1. The van der Waals surface area contributed by atoms with E-state index in [0.717, 1.165) is 65.5 Å². The van der Waals surface area contributed by atoms with Crippen LogP contribution in [0.15, 0.2) is 23.8 Å². The molecule has 4 aliphatic carbocycles. The van der Waals surface area contributed by atoms with Crippen LogP contribution in [0.25, 0.3) is 0 Å². The normalized spacial score (nSPS) is 32.3. The van der Waals surface area contributed by atoms with E-state index < -0.39 is 17.9 Å². The van der Waals surface area contributed by atoms with E-state index in [0.29, 0.717) is 11.0 Å². The minimum Gasteiger partial charge on any atom is -0.461 e. The summed E-state index contributed by atoms with van der Waals surface area (Å²) >= 11 is 6.53. The zero-order chi connectivity index (χ0) is 35.0. The first-order chi connectivity index (χ1) is 22.6. The number of carbonyl (C=O) groups excluding carboxylic acids is 3. The van der Waals surface area contributed by atoms with Crippen LogP contribution in [0.2, 0.25) is 0 Å². The molecule has 6 nitrogen and oxygen atoms in total. The highest BCUT2D eigenvalue weighted by Gasteiger charge is 2.59. The average molecular weight is 997 g/mol. The Morgan fingerprint density at radius 2 is 1.71 bits per heavy atom. The van der Waals surface area contributed by atoms with Crippen molar-refractivity contribution in [3.05, 3.63) is 40.1 Å². The first-order valence-corrected chi connectivity index (χ1v) is 21.5. The number of hydrogen-bond donors (Lipinski definition) is 2. The van der Waals surface area contributed by atoms with Gasteiger partial charge in [-0.1, -0.05) is 65.5 Å². The second-order valence-corrected chi connectivity index (χ2v) is 19.8. The van der Waals surface area contributed by atoms with Gasteiger partial charge in [0, 0.05) is 17.1 Å². The molecule has 0 aromatic heterocycles. The second kappa shape index (κ2) is 16.1. The fourth-order valence-electron chi connectivity index (χ4n) is 10.4. The molecule has 3 fully saturated rings. The van der Waals surface area contributed by atoms with Crippen LogP contribution in [-0.4, -0.2) is 36.5 Å². The highest BCUT2D eigenvalue weighted by molar-refractivity contribution is 14.1. The van der Waals surface area contributed by atoms with Crippen LogP contribution in [0, 0.1) is 57.0 Å². The molecule has 48 heavy (non-hydrogen) atoms. The Labute approximate surface area is 329 Å². The van der Waals surface area contributed by atoms with E-state index in [4.69, 9.17) is 4.74 Å². The van der Waals surface area contributed by atoms with Gasteiger partial charge >= 0.3 is 5.97 Å². The number of fused-ring (bicyclic) bond motifs is 5. The smallest absolute Gasteiger partial charge is 0.325 e. The summed E-state index contributed by atoms with van der Waals surface area (Å²) in [6.07, 6.45) is 15.9. The standard InChI is InChI=1S/C39H55I3N2O4/c1-22(2)8-7-9-23(3)30-12-13-31-28-11-10-25-18-27(14-16-38(25,5)32(28)15-17-39(30,31)6)48-34(45)21-43-36(46)24(4)44-37(47)29-19-26(40)20-33(41)35(29)42/h10,19-20,22-24,27-28,30-32H,7-9,11-18,21H2,1-6H3,(H,43,46)(H,44,47)/t23-,24-,27+,28?,30-,31?,32?,38+,39-/m1/s1. The average Bonchev–Trinajstić information content (AvgIpc) is 3.38. The molecule has 0 bridgehead atoms. The van der Waals surface area contributed by atoms with E-state index in [-0.39, 0.29) is 24.0 Å². The minimum absolute atomic E-state index is 0.149. The molecule has 2 amide bonds. The van der Waals surface area contributed by atoms with Gasteiger partial charge in [-0.2, -0.15) is 0 Å². The van der Waals surface area contributed by atoms with Gasteiger partial charge in [0.25, 0.3) is 5.91 Å². The summed E-state index contributed by atoms with van der Waals surface area (Å²) in [5.74, 6) is 3.69. The molecule has 9 atom stereocenters. The summed E-state index contributed by atoms with van der Waals surface area (Å²) in [7, 11) is 0. The van der Waals surface area contributed by atoms with Gasteiger partial charge in [-0.15, -0.1) is 0 Å². The van der Waals surface area contributed by atoms with Gasteiger partial charge in [0.1, 0.15) is 18.7 Å². The fraction of sp³-hybridized carbons (Fsp3) is 0.718. The summed E-state index contributed by atoms with van der Waals surface area (Å²) < 4.78 is 8.72. The van der Waals surface area contributed by atoms with Gasteiger partial charge < -0.3 is 15.4 Å². The van der Waals surface area contributed by atoms with Gasteiger partial charge in [-0.05, 0) is 178 Å². The molecule has 266 valence electrons. The number of nitrogens with one attached hydrogen (secondary N) is 2. The van der Waals surface area contributed by atoms with Gasteiger partial charge in [0.2, 0.25) is 5.91 Å². The summed E-state index contributed by atoms with van der Waals surface area (Å²) in [5.41, 5.74) is 2.71. The van der Waals surface area contributed by atoms with Gasteiger partial charge in [0.05, 0.1) is 5.56 Å². The molecule has 9 heteroatoms. The molecule has 3 saturated carbocycles. The lowest BCUT2D eigenvalue weighted by Crippen LogP contribution is -2.51. The SMILES string of the molecule is CC(C)CCC[C@@H](C)[C@H]1CCC2C3CC=C4C[C@@H](OC(=O)CNC(=O)[C@@H](C)NC(=O)c5cc(I)cc(I)c5I)CC[C@]4(C)C3CC[C@@]21C. The lowest BCUT2D eigenvalue weighted by molar-refractivity contribution is -0.151. The highest BCUT2D eigenvalue weighted by Crippen LogP contribution is 2.67. The summed E-state index contributed by atoms with van der Waals surface area (Å²) in [4.78, 5) is 38.5. The van der Waals surface area contributed by atoms with E-state index in [1.54, 1.807) is 6.92 Å². The molecule has 1 aromatic carbocycles. The van der Waals surface area contributed by atoms with Crippen molar-refractivity contribution < 1.29 is 19.1 Å². The number of amides is 2. The topological polar surface area (TPSA) is 84.5 Å². The monoisotopic (exact) mass is 996 g/mol. The van der Waals surface area contributed by atoms with Crippen molar-refractivity contribution in [3.8, 4) is 0 Å².